The molecule has 2 atom stereocenters. The van der Waals surface area contributed by atoms with Crippen LogP contribution in [-0.2, 0) is 0 Å². The van der Waals surface area contributed by atoms with Crippen LogP contribution in [0.4, 0.5) is 0 Å². The van der Waals surface area contributed by atoms with E-state index in [1.54, 1.807) is 0 Å². The molecule has 0 radical (unpaired) electrons. The molecule has 2 saturated carbocycles. The Morgan fingerprint density at radius 1 is 0.786 bits per heavy atom. The molecule has 2 N–H and O–H groups in total. The first-order valence-electron chi connectivity index (χ1n) is 6.62. The summed E-state index contributed by atoms with van der Waals surface area (Å²) in [5, 5.41) is 0. The van der Waals surface area contributed by atoms with Crippen LogP contribution in [0.2, 0.25) is 0 Å². The zero-order chi connectivity index (χ0) is 9.80. The zero-order valence-electron chi connectivity index (χ0n) is 9.38. The average Bonchev–Trinajstić information content (AvgIpc) is 2.63. The van der Waals surface area contributed by atoms with E-state index in [0.29, 0.717) is 6.04 Å². The fourth-order valence-electron chi connectivity index (χ4n) is 3.35. The van der Waals surface area contributed by atoms with Crippen molar-refractivity contribution in [1.29, 1.82) is 0 Å². The van der Waals surface area contributed by atoms with Gasteiger partial charge in [-0.05, 0) is 31.1 Å². The second kappa shape index (κ2) is 5.16. The topological polar surface area (TPSA) is 26.0 Å². The second-order valence-electron chi connectivity index (χ2n) is 5.44. The van der Waals surface area contributed by atoms with E-state index >= 15 is 0 Å². The lowest BCUT2D eigenvalue weighted by molar-refractivity contribution is 0.301. The van der Waals surface area contributed by atoms with Gasteiger partial charge in [0.05, 0.1) is 0 Å². The van der Waals surface area contributed by atoms with Crippen molar-refractivity contribution in [2.75, 3.05) is 0 Å². The van der Waals surface area contributed by atoms with E-state index in [-0.39, 0.29) is 0 Å². The second-order valence-corrected chi connectivity index (χ2v) is 5.44. The van der Waals surface area contributed by atoms with Gasteiger partial charge < -0.3 is 5.73 Å². The highest BCUT2D eigenvalue weighted by atomic mass is 14.7. The molecule has 2 rings (SSSR count). The Morgan fingerprint density at radius 3 is 2.21 bits per heavy atom. The van der Waals surface area contributed by atoms with Crippen LogP contribution in [-0.4, -0.2) is 6.04 Å². The van der Waals surface area contributed by atoms with Gasteiger partial charge in [-0.3, -0.25) is 0 Å². The molecule has 1 nitrogen and oxygen atoms in total. The third-order valence-corrected chi connectivity index (χ3v) is 4.39. The molecule has 2 aliphatic rings. The summed E-state index contributed by atoms with van der Waals surface area (Å²) in [6.07, 6.45) is 14.4. The minimum atomic E-state index is 0.540. The lowest BCUT2D eigenvalue weighted by Gasteiger charge is -2.24. The smallest absolute Gasteiger partial charge is 0.00671 e. The zero-order valence-corrected chi connectivity index (χ0v) is 9.38. The Morgan fingerprint density at radius 2 is 1.57 bits per heavy atom. The van der Waals surface area contributed by atoms with Crippen molar-refractivity contribution in [2.45, 2.75) is 70.3 Å². The van der Waals surface area contributed by atoms with Gasteiger partial charge in [-0.15, -0.1) is 0 Å². The number of hydrogen-bond acceptors (Lipinski definition) is 1. The standard InChI is InChI=1S/C13H25N/c14-13-8-4-7-12(13)10-9-11-5-2-1-3-6-11/h11-13H,1-10,14H2. The van der Waals surface area contributed by atoms with E-state index in [1.807, 2.05) is 0 Å². The van der Waals surface area contributed by atoms with Crippen molar-refractivity contribution in [1.82, 2.24) is 0 Å². The summed E-state index contributed by atoms with van der Waals surface area (Å²) in [7, 11) is 0. The van der Waals surface area contributed by atoms with E-state index in [4.69, 9.17) is 5.73 Å². The molecule has 0 aliphatic heterocycles. The summed E-state index contributed by atoms with van der Waals surface area (Å²) in [6, 6.07) is 0.540. The Kier molecular flexibility index (Phi) is 3.86. The summed E-state index contributed by atoms with van der Waals surface area (Å²) in [5.41, 5.74) is 6.09. The largest absolute Gasteiger partial charge is 0.327 e. The van der Waals surface area contributed by atoms with Crippen LogP contribution in [0.3, 0.4) is 0 Å². The van der Waals surface area contributed by atoms with E-state index < -0.39 is 0 Å². The normalized spacial score (nSPS) is 34.9. The lowest BCUT2D eigenvalue weighted by atomic mass is 9.83. The van der Waals surface area contributed by atoms with E-state index in [2.05, 4.69) is 0 Å². The maximum Gasteiger partial charge on any atom is 0.00671 e. The molecule has 0 heterocycles. The van der Waals surface area contributed by atoms with Gasteiger partial charge in [-0.2, -0.15) is 0 Å². The predicted molar refractivity (Wildman–Crippen MR) is 61.1 cm³/mol. The molecular formula is C13H25N. The average molecular weight is 195 g/mol. The number of hydrogen-bond donors (Lipinski definition) is 1. The summed E-state index contributed by atoms with van der Waals surface area (Å²) in [4.78, 5) is 0. The molecule has 0 aromatic heterocycles. The van der Waals surface area contributed by atoms with Crippen molar-refractivity contribution >= 4 is 0 Å². The van der Waals surface area contributed by atoms with Crippen LogP contribution in [0.15, 0.2) is 0 Å². The van der Waals surface area contributed by atoms with Crippen LogP contribution < -0.4 is 5.73 Å². The molecule has 0 spiro atoms. The van der Waals surface area contributed by atoms with Gasteiger partial charge in [-0.25, -0.2) is 0 Å². The van der Waals surface area contributed by atoms with Gasteiger partial charge in [0.15, 0.2) is 0 Å². The van der Waals surface area contributed by atoms with Gasteiger partial charge in [0.1, 0.15) is 0 Å². The fourth-order valence-corrected chi connectivity index (χ4v) is 3.35. The molecule has 2 unspecified atom stereocenters. The highest BCUT2D eigenvalue weighted by molar-refractivity contribution is 4.81. The van der Waals surface area contributed by atoms with Crippen LogP contribution in [0.25, 0.3) is 0 Å². The molecule has 0 aromatic rings. The van der Waals surface area contributed by atoms with Gasteiger partial charge in [-0.1, -0.05) is 44.9 Å². The molecule has 0 amide bonds. The molecular weight excluding hydrogens is 170 g/mol. The molecule has 0 saturated heterocycles. The maximum atomic E-state index is 6.09. The molecule has 0 bridgehead atoms. The Labute approximate surface area is 88.4 Å². The van der Waals surface area contributed by atoms with Crippen LogP contribution in [0.1, 0.15) is 64.2 Å². The fraction of sp³-hybridized carbons (Fsp3) is 1.00. The third-order valence-electron chi connectivity index (χ3n) is 4.39. The van der Waals surface area contributed by atoms with Gasteiger partial charge in [0.25, 0.3) is 0 Å². The first kappa shape index (κ1) is 10.5. The third kappa shape index (κ3) is 2.73. The summed E-state index contributed by atoms with van der Waals surface area (Å²) >= 11 is 0. The first-order chi connectivity index (χ1) is 6.86. The van der Waals surface area contributed by atoms with Crippen molar-refractivity contribution in [2.24, 2.45) is 17.6 Å². The quantitative estimate of drug-likeness (QED) is 0.733. The minimum absolute atomic E-state index is 0.540. The predicted octanol–water partition coefficient (Wildman–Crippen LogP) is 3.47. The van der Waals surface area contributed by atoms with Gasteiger partial charge in [0.2, 0.25) is 0 Å². The van der Waals surface area contributed by atoms with Crippen molar-refractivity contribution in [3.63, 3.8) is 0 Å². The molecule has 14 heavy (non-hydrogen) atoms. The van der Waals surface area contributed by atoms with Crippen molar-refractivity contribution in [3.8, 4) is 0 Å². The molecule has 1 heteroatoms. The van der Waals surface area contributed by atoms with E-state index in [9.17, 15) is 0 Å². The lowest BCUT2D eigenvalue weighted by Crippen LogP contribution is -2.25. The molecule has 0 aromatic carbocycles. The molecule has 82 valence electrons. The monoisotopic (exact) mass is 195 g/mol. The summed E-state index contributed by atoms with van der Waals surface area (Å²) < 4.78 is 0. The maximum absolute atomic E-state index is 6.09. The highest BCUT2D eigenvalue weighted by Gasteiger charge is 2.24. The SMILES string of the molecule is NC1CCCC1CCC1CCCCC1. The Balaban J connectivity index is 1.65. The van der Waals surface area contributed by atoms with Gasteiger partial charge in [0, 0.05) is 6.04 Å². The number of nitrogens with two attached hydrogens (primary N) is 1. The van der Waals surface area contributed by atoms with Crippen LogP contribution >= 0.6 is 0 Å². The van der Waals surface area contributed by atoms with Crippen LogP contribution in [0, 0.1) is 11.8 Å². The summed E-state index contributed by atoms with van der Waals surface area (Å²) in [6.45, 7) is 0. The minimum Gasteiger partial charge on any atom is -0.327 e. The van der Waals surface area contributed by atoms with E-state index in [0.717, 1.165) is 11.8 Å². The van der Waals surface area contributed by atoms with E-state index in [1.165, 1.54) is 64.2 Å². The van der Waals surface area contributed by atoms with Crippen LogP contribution in [0.5, 0.6) is 0 Å². The molecule has 2 aliphatic carbocycles. The van der Waals surface area contributed by atoms with Crippen molar-refractivity contribution < 1.29 is 0 Å². The Bertz CT molecular complexity index is 161. The Hall–Kier alpha value is -0.0400. The first-order valence-corrected chi connectivity index (χ1v) is 6.62. The molecule has 2 fully saturated rings. The van der Waals surface area contributed by atoms with Gasteiger partial charge >= 0.3 is 0 Å². The highest BCUT2D eigenvalue weighted by Crippen LogP contribution is 2.33. The summed E-state index contributed by atoms with van der Waals surface area (Å²) in [5.74, 6) is 1.92. The van der Waals surface area contributed by atoms with Crippen molar-refractivity contribution in [3.05, 3.63) is 0 Å². The number of rotatable bonds is 3.